The summed E-state index contributed by atoms with van der Waals surface area (Å²) in [4.78, 5) is 20.1. The van der Waals surface area contributed by atoms with Crippen molar-refractivity contribution < 1.29 is 9.59 Å². The highest BCUT2D eigenvalue weighted by Gasteiger charge is 2.00. The Morgan fingerprint density at radius 2 is 1.42 bits per heavy atom. The highest BCUT2D eigenvalue weighted by atomic mass is 16.2. The van der Waals surface area contributed by atoms with Gasteiger partial charge in [-0.25, -0.2) is 0 Å². The standard InChI is InChI=1S/C5H11NO.C3H7NO/c1-4(2)5(7)6-3;1-3(5)4-2/h4H,1-3H3,(H,6,7);1-2H3,(H,4,5). The first kappa shape index (κ1) is 13.5. The Labute approximate surface area is 73.7 Å². The quantitative estimate of drug-likeness (QED) is 0.594. The van der Waals surface area contributed by atoms with Crippen molar-refractivity contribution >= 4 is 11.8 Å². The first-order valence-electron chi connectivity index (χ1n) is 3.85. The van der Waals surface area contributed by atoms with E-state index in [-0.39, 0.29) is 17.7 Å². The van der Waals surface area contributed by atoms with Crippen LogP contribution in [0.4, 0.5) is 0 Å². The number of hydrogen-bond donors (Lipinski definition) is 2. The second-order valence-electron chi connectivity index (χ2n) is 2.58. The number of carbonyl (C=O) groups is 2. The summed E-state index contributed by atoms with van der Waals surface area (Å²) in [5.74, 6) is 0.218. The average molecular weight is 174 g/mol. The molecule has 0 radical (unpaired) electrons. The lowest BCUT2D eigenvalue weighted by molar-refractivity contribution is -0.123. The first-order chi connectivity index (χ1) is 5.45. The molecule has 0 atom stereocenters. The summed E-state index contributed by atoms with van der Waals surface area (Å²) in [5.41, 5.74) is 0. The van der Waals surface area contributed by atoms with E-state index in [0.29, 0.717) is 0 Å². The molecule has 0 saturated heterocycles. The molecule has 0 heterocycles. The zero-order valence-corrected chi connectivity index (χ0v) is 8.39. The van der Waals surface area contributed by atoms with Gasteiger partial charge in [-0.3, -0.25) is 9.59 Å². The summed E-state index contributed by atoms with van der Waals surface area (Å²) < 4.78 is 0. The Morgan fingerprint density at radius 1 is 1.08 bits per heavy atom. The maximum absolute atomic E-state index is 10.4. The topological polar surface area (TPSA) is 58.2 Å². The van der Waals surface area contributed by atoms with Crippen molar-refractivity contribution in [3.8, 4) is 0 Å². The van der Waals surface area contributed by atoms with Gasteiger partial charge in [0, 0.05) is 26.9 Å². The van der Waals surface area contributed by atoms with Crippen molar-refractivity contribution in [2.24, 2.45) is 5.92 Å². The number of carbonyl (C=O) groups excluding carboxylic acids is 2. The lowest BCUT2D eigenvalue weighted by Gasteiger charge is -1.98. The minimum atomic E-state index is 0.00463. The van der Waals surface area contributed by atoms with Gasteiger partial charge in [0.05, 0.1) is 0 Å². The van der Waals surface area contributed by atoms with E-state index in [0.717, 1.165) is 0 Å². The second-order valence-corrected chi connectivity index (χ2v) is 2.58. The van der Waals surface area contributed by atoms with E-state index in [9.17, 15) is 9.59 Å². The van der Waals surface area contributed by atoms with Gasteiger partial charge in [-0.2, -0.15) is 0 Å². The largest absolute Gasteiger partial charge is 0.359 e. The van der Waals surface area contributed by atoms with Crippen LogP contribution in [-0.4, -0.2) is 25.9 Å². The minimum absolute atomic E-state index is 0.00463. The fraction of sp³-hybridized carbons (Fsp3) is 0.750. The van der Waals surface area contributed by atoms with Crippen molar-refractivity contribution in [1.29, 1.82) is 0 Å². The highest BCUT2D eigenvalue weighted by molar-refractivity contribution is 5.77. The van der Waals surface area contributed by atoms with Gasteiger partial charge in [-0.1, -0.05) is 13.8 Å². The molecule has 2 N–H and O–H groups in total. The Bertz CT molecular complexity index is 144. The molecule has 0 aliphatic rings. The normalized spacial score (nSPS) is 8.17. The van der Waals surface area contributed by atoms with E-state index < -0.39 is 0 Å². The van der Waals surface area contributed by atoms with Crippen LogP contribution < -0.4 is 10.6 Å². The van der Waals surface area contributed by atoms with Gasteiger partial charge in [0.1, 0.15) is 0 Å². The molecule has 0 fully saturated rings. The Kier molecular flexibility index (Phi) is 9.06. The zero-order chi connectivity index (χ0) is 10.1. The summed E-state index contributed by atoms with van der Waals surface area (Å²) in [6.45, 7) is 5.19. The third kappa shape index (κ3) is 11.7. The number of hydrogen-bond acceptors (Lipinski definition) is 2. The van der Waals surface area contributed by atoms with Crippen molar-refractivity contribution in [1.82, 2.24) is 10.6 Å². The molecule has 4 nitrogen and oxygen atoms in total. The smallest absolute Gasteiger partial charge is 0.222 e. The molecule has 12 heavy (non-hydrogen) atoms. The van der Waals surface area contributed by atoms with Crippen LogP contribution >= 0.6 is 0 Å². The molecule has 4 heteroatoms. The Morgan fingerprint density at radius 3 is 1.42 bits per heavy atom. The van der Waals surface area contributed by atoms with E-state index in [1.54, 1.807) is 14.1 Å². The maximum Gasteiger partial charge on any atom is 0.222 e. The van der Waals surface area contributed by atoms with Gasteiger partial charge in [-0.15, -0.1) is 0 Å². The van der Waals surface area contributed by atoms with Crippen molar-refractivity contribution in [2.75, 3.05) is 14.1 Å². The minimum Gasteiger partial charge on any atom is -0.359 e. The molecule has 2 amide bonds. The van der Waals surface area contributed by atoms with E-state index in [4.69, 9.17) is 0 Å². The maximum atomic E-state index is 10.4. The van der Waals surface area contributed by atoms with Crippen LogP contribution in [0.25, 0.3) is 0 Å². The molecule has 0 saturated carbocycles. The number of rotatable bonds is 1. The predicted molar refractivity (Wildman–Crippen MR) is 48.6 cm³/mol. The molecule has 0 aliphatic heterocycles. The third-order valence-electron chi connectivity index (χ3n) is 1.12. The third-order valence-corrected chi connectivity index (χ3v) is 1.12. The summed E-state index contributed by atoms with van der Waals surface area (Å²) in [6, 6.07) is 0. The predicted octanol–water partition coefficient (Wildman–Crippen LogP) is 0.141. The molecule has 0 aliphatic carbocycles. The van der Waals surface area contributed by atoms with Gasteiger partial charge in [0.25, 0.3) is 0 Å². The van der Waals surface area contributed by atoms with Crippen LogP contribution in [0.3, 0.4) is 0 Å². The Hall–Kier alpha value is -1.06. The van der Waals surface area contributed by atoms with Crippen LogP contribution in [-0.2, 0) is 9.59 Å². The fourth-order valence-corrected chi connectivity index (χ4v) is 0.289. The molecular weight excluding hydrogens is 156 g/mol. The molecule has 0 rings (SSSR count). The molecule has 0 aromatic rings. The van der Waals surface area contributed by atoms with Crippen molar-refractivity contribution in [2.45, 2.75) is 20.8 Å². The van der Waals surface area contributed by atoms with E-state index in [1.807, 2.05) is 13.8 Å². The first-order valence-corrected chi connectivity index (χ1v) is 3.85. The molecule has 0 aromatic carbocycles. The fourth-order valence-electron chi connectivity index (χ4n) is 0.289. The van der Waals surface area contributed by atoms with Gasteiger partial charge >= 0.3 is 0 Å². The monoisotopic (exact) mass is 174 g/mol. The number of nitrogens with one attached hydrogen (secondary N) is 2. The SMILES string of the molecule is CNC(=O)C(C)C.CNC(C)=O. The summed E-state index contributed by atoms with van der Waals surface area (Å²) in [7, 11) is 3.24. The molecule has 72 valence electrons. The van der Waals surface area contributed by atoms with E-state index >= 15 is 0 Å². The lowest BCUT2D eigenvalue weighted by atomic mass is 10.2. The van der Waals surface area contributed by atoms with Gasteiger partial charge in [-0.05, 0) is 0 Å². The van der Waals surface area contributed by atoms with Crippen LogP contribution in [0.5, 0.6) is 0 Å². The lowest BCUT2D eigenvalue weighted by Crippen LogP contribution is -2.22. The highest BCUT2D eigenvalue weighted by Crippen LogP contribution is 1.87. The summed E-state index contributed by atoms with van der Waals surface area (Å²) in [5, 5.41) is 4.91. The van der Waals surface area contributed by atoms with Crippen LogP contribution in [0.1, 0.15) is 20.8 Å². The summed E-state index contributed by atoms with van der Waals surface area (Å²) in [6.07, 6.45) is 0. The molecule has 0 aromatic heterocycles. The zero-order valence-electron chi connectivity index (χ0n) is 8.39. The van der Waals surface area contributed by atoms with Gasteiger partial charge < -0.3 is 10.6 Å². The Balaban J connectivity index is 0. The van der Waals surface area contributed by atoms with Crippen molar-refractivity contribution in [3.63, 3.8) is 0 Å². The second kappa shape index (κ2) is 8.04. The number of amides is 2. The molecule has 0 bridgehead atoms. The van der Waals surface area contributed by atoms with E-state index in [2.05, 4.69) is 10.6 Å². The van der Waals surface area contributed by atoms with Gasteiger partial charge in [0.15, 0.2) is 0 Å². The molecule has 0 unspecified atom stereocenters. The van der Waals surface area contributed by atoms with Crippen molar-refractivity contribution in [3.05, 3.63) is 0 Å². The van der Waals surface area contributed by atoms with E-state index in [1.165, 1.54) is 6.92 Å². The molecular formula is C8H18N2O2. The molecule has 0 spiro atoms. The van der Waals surface area contributed by atoms with Crippen LogP contribution in [0.15, 0.2) is 0 Å². The van der Waals surface area contributed by atoms with Crippen LogP contribution in [0.2, 0.25) is 0 Å². The summed E-state index contributed by atoms with van der Waals surface area (Å²) >= 11 is 0. The van der Waals surface area contributed by atoms with Crippen LogP contribution in [0, 0.1) is 5.92 Å². The average Bonchev–Trinajstić information content (AvgIpc) is 2.04. The van der Waals surface area contributed by atoms with Gasteiger partial charge in [0.2, 0.25) is 11.8 Å².